The molecule has 7 heteroatoms. The number of anilines is 1. The van der Waals surface area contributed by atoms with E-state index in [1.165, 1.54) is 35.7 Å². The maximum Gasteiger partial charge on any atom is 0.306 e. The van der Waals surface area contributed by atoms with E-state index in [1.54, 1.807) is 0 Å². The van der Waals surface area contributed by atoms with Crippen LogP contribution < -0.4 is 5.32 Å². The summed E-state index contributed by atoms with van der Waals surface area (Å²) in [7, 11) is 0. The van der Waals surface area contributed by atoms with Crippen molar-refractivity contribution in [1.29, 1.82) is 5.26 Å². The van der Waals surface area contributed by atoms with Crippen LogP contribution in [0.5, 0.6) is 0 Å². The fourth-order valence-electron chi connectivity index (χ4n) is 3.37. The van der Waals surface area contributed by atoms with Crippen molar-refractivity contribution in [3.63, 3.8) is 0 Å². The largest absolute Gasteiger partial charge is 0.456 e. The predicted octanol–water partition coefficient (Wildman–Crippen LogP) is 4.24. The lowest BCUT2D eigenvalue weighted by molar-refractivity contribution is -0.147. The first-order valence-corrected chi connectivity index (χ1v) is 10.1. The second kappa shape index (κ2) is 10.0. The van der Waals surface area contributed by atoms with Crippen molar-refractivity contribution in [2.45, 2.75) is 38.5 Å². The molecule has 2 aromatic carbocycles. The average molecular weight is 425 g/mol. The molecule has 2 aromatic rings. The summed E-state index contributed by atoms with van der Waals surface area (Å²) < 4.78 is 4.94. The summed E-state index contributed by atoms with van der Waals surface area (Å²) in [6.45, 7) is -0.469. The Morgan fingerprint density at radius 3 is 2.53 bits per heavy atom. The number of Topliss-reactive ketones (excluding diaryl/α,β-unsaturated/α-hetero) is 1. The Hall–Kier alpha value is -3.17. The van der Waals surface area contributed by atoms with Crippen molar-refractivity contribution in [3.8, 4) is 6.07 Å². The molecule has 0 heterocycles. The topological polar surface area (TPSA) is 96.3 Å². The summed E-state index contributed by atoms with van der Waals surface area (Å²) in [5.74, 6) is -1.27. The summed E-state index contributed by atoms with van der Waals surface area (Å²) in [6.07, 6.45) is 4.28. The summed E-state index contributed by atoms with van der Waals surface area (Å²) >= 11 is 5.91. The smallest absolute Gasteiger partial charge is 0.306 e. The van der Waals surface area contributed by atoms with Gasteiger partial charge in [-0.3, -0.25) is 14.4 Å². The van der Waals surface area contributed by atoms with E-state index in [1.807, 2.05) is 24.3 Å². The molecule has 154 valence electrons. The van der Waals surface area contributed by atoms with E-state index in [9.17, 15) is 14.4 Å². The van der Waals surface area contributed by atoms with E-state index in [2.05, 4.69) is 5.32 Å². The molecule has 0 bridgehead atoms. The Morgan fingerprint density at radius 2 is 1.80 bits per heavy atom. The average Bonchev–Trinajstić information content (AvgIpc) is 2.75. The molecule has 0 saturated heterocycles. The van der Waals surface area contributed by atoms with Gasteiger partial charge in [-0.15, -0.1) is 0 Å². The second-order valence-corrected chi connectivity index (χ2v) is 7.54. The molecule has 0 spiro atoms. The van der Waals surface area contributed by atoms with Gasteiger partial charge in [-0.1, -0.05) is 23.7 Å². The number of ketones is 1. The van der Waals surface area contributed by atoms with Crippen molar-refractivity contribution >= 4 is 34.9 Å². The normalized spacial score (nSPS) is 12.4. The number of halogens is 1. The van der Waals surface area contributed by atoms with Gasteiger partial charge < -0.3 is 10.1 Å². The standard InChI is InChI=1S/C23H21ClN2O4/c24-20-12-19(8-7-18(20)13-25)26-22(28)14-30-23(29)10-9-21(27)17-6-5-15-3-1-2-4-16(15)11-17/h5-8,11-12H,1-4,9-10,14H2,(H,26,28). The number of ether oxygens (including phenoxy) is 1. The number of hydrogen-bond acceptors (Lipinski definition) is 5. The zero-order valence-corrected chi connectivity index (χ0v) is 17.1. The molecule has 0 radical (unpaired) electrons. The van der Waals surface area contributed by atoms with Gasteiger partial charge in [0.15, 0.2) is 12.4 Å². The van der Waals surface area contributed by atoms with Crippen LogP contribution in [-0.2, 0) is 27.2 Å². The maximum absolute atomic E-state index is 12.4. The third-order valence-electron chi connectivity index (χ3n) is 4.96. The van der Waals surface area contributed by atoms with Gasteiger partial charge in [0.05, 0.1) is 17.0 Å². The molecule has 0 fully saturated rings. The van der Waals surface area contributed by atoms with Crippen LogP contribution in [0.25, 0.3) is 0 Å². The van der Waals surface area contributed by atoms with Crippen molar-refractivity contribution in [2.24, 2.45) is 0 Å². The molecule has 1 amide bonds. The number of fused-ring (bicyclic) bond motifs is 1. The highest BCUT2D eigenvalue weighted by molar-refractivity contribution is 6.32. The number of carbonyl (C=O) groups is 3. The van der Waals surface area contributed by atoms with E-state index >= 15 is 0 Å². The van der Waals surface area contributed by atoms with Crippen LogP contribution >= 0.6 is 11.6 Å². The molecule has 0 unspecified atom stereocenters. The lowest BCUT2D eigenvalue weighted by Crippen LogP contribution is -2.21. The third kappa shape index (κ3) is 5.68. The minimum Gasteiger partial charge on any atom is -0.456 e. The van der Waals surface area contributed by atoms with Crippen molar-refractivity contribution in [2.75, 3.05) is 11.9 Å². The first-order valence-electron chi connectivity index (χ1n) is 9.76. The van der Waals surface area contributed by atoms with Gasteiger partial charge in [-0.05, 0) is 61.1 Å². The molecule has 0 aliphatic heterocycles. The van der Waals surface area contributed by atoms with Gasteiger partial charge in [-0.25, -0.2) is 0 Å². The fraction of sp³-hybridized carbons (Fsp3) is 0.304. The Kier molecular flexibility index (Phi) is 7.21. The molecule has 1 N–H and O–H groups in total. The molecule has 1 aliphatic rings. The van der Waals surface area contributed by atoms with Crippen molar-refractivity contribution < 1.29 is 19.1 Å². The van der Waals surface area contributed by atoms with Gasteiger partial charge >= 0.3 is 5.97 Å². The fourth-order valence-corrected chi connectivity index (χ4v) is 3.59. The van der Waals surface area contributed by atoms with Crippen LogP contribution in [0.4, 0.5) is 5.69 Å². The number of amides is 1. The van der Waals surface area contributed by atoms with E-state index in [0.29, 0.717) is 16.8 Å². The maximum atomic E-state index is 12.4. The summed E-state index contributed by atoms with van der Waals surface area (Å²) in [4.78, 5) is 36.2. The summed E-state index contributed by atoms with van der Waals surface area (Å²) in [6, 6.07) is 12.1. The van der Waals surface area contributed by atoms with Gasteiger partial charge in [0.2, 0.25) is 0 Å². The number of carbonyl (C=O) groups excluding carboxylic acids is 3. The van der Waals surface area contributed by atoms with Gasteiger partial charge in [0.25, 0.3) is 5.91 Å². The molecular weight excluding hydrogens is 404 g/mol. The number of benzene rings is 2. The Morgan fingerprint density at radius 1 is 1.03 bits per heavy atom. The van der Waals surface area contributed by atoms with Crippen LogP contribution in [0.15, 0.2) is 36.4 Å². The molecular formula is C23H21ClN2O4. The van der Waals surface area contributed by atoms with Gasteiger partial charge in [0.1, 0.15) is 6.07 Å². The number of nitriles is 1. The van der Waals surface area contributed by atoms with Crippen LogP contribution in [0.2, 0.25) is 5.02 Å². The zero-order valence-electron chi connectivity index (χ0n) is 16.4. The zero-order chi connectivity index (χ0) is 21.5. The highest BCUT2D eigenvalue weighted by Crippen LogP contribution is 2.23. The van der Waals surface area contributed by atoms with Crippen molar-refractivity contribution in [1.82, 2.24) is 0 Å². The Bertz CT molecular complexity index is 1030. The molecule has 0 aromatic heterocycles. The second-order valence-electron chi connectivity index (χ2n) is 7.13. The molecule has 0 atom stereocenters. The first-order chi connectivity index (χ1) is 14.5. The molecule has 1 aliphatic carbocycles. The minimum absolute atomic E-state index is 0.0322. The van der Waals surface area contributed by atoms with Crippen LogP contribution in [0.3, 0.4) is 0 Å². The lowest BCUT2D eigenvalue weighted by Gasteiger charge is -2.16. The summed E-state index contributed by atoms with van der Waals surface area (Å²) in [5.41, 5.74) is 3.81. The SMILES string of the molecule is N#Cc1ccc(NC(=O)COC(=O)CCC(=O)c2ccc3c(c2)CCCC3)cc1Cl. The van der Waals surface area contributed by atoms with E-state index < -0.39 is 18.5 Å². The lowest BCUT2D eigenvalue weighted by atomic mass is 9.89. The van der Waals surface area contributed by atoms with E-state index in [0.717, 1.165) is 19.3 Å². The quantitative estimate of drug-likeness (QED) is 0.529. The highest BCUT2D eigenvalue weighted by atomic mass is 35.5. The number of nitrogens with zero attached hydrogens (tertiary/aromatic N) is 1. The third-order valence-corrected chi connectivity index (χ3v) is 5.28. The monoisotopic (exact) mass is 424 g/mol. The number of esters is 1. The van der Waals surface area contributed by atoms with Crippen molar-refractivity contribution in [3.05, 3.63) is 63.7 Å². The van der Waals surface area contributed by atoms with Gasteiger partial charge in [-0.2, -0.15) is 5.26 Å². The predicted molar refractivity (Wildman–Crippen MR) is 112 cm³/mol. The Labute approximate surface area is 179 Å². The highest BCUT2D eigenvalue weighted by Gasteiger charge is 2.15. The van der Waals surface area contributed by atoms with E-state index in [4.69, 9.17) is 21.6 Å². The molecule has 30 heavy (non-hydrogen) atoms. The number of nitrogens with one attached hydrogen (secondary N) is 1. The Balaban J connectivity index is 1.43. The summed E-state index contributed by atoms with van der Waals surface area (Å²) in [5, 5.41) is 11.6. The van der Waals surface area contributed by atoms with E-state index in [-0.39, 0.29) is 23.6 Å². The molecule has 6 nitrogen and oxygen atoms in total. The molecule has 0 saturated carbocycles. The minimum atomic E-state index is -0.616. The van der Waals surface area contributed by atoms with Crippen LogP contribution in [0.1, 0.15) is 52.7 Å². The van der Waals surface area contributed by atoms with Gasteiger partial charge in [0, 0.05) is 17.7 Å². The number of hydrogen-bond donors (Lipinski definition) is 1. The first kappa shape index (κ1) is 21.5. The number of rotatable bonds is 7. The number of aryl methyl sites for hydroxylation is 2. The van der Waals surface area contributed by atoms with Crippen LogP contribution in [-0.4, -0.2) is 24.3 Å². The van der Waals surface area contributed by atoms with Crippen LogP contribution in [0, 0.1) is 11.3 Å². The molecule has 3 rings (SSSR count).